The predicted molar refractivity (Wildman–Crippen MR) is 90.0 cm³/mol. The topological polar surface area (TPSA) is 57.7 Å². The van der Waals surface area contributed by atoms with Crippen LogP contribution in [0.2, 0.25) is 0 Å². The van der Waals surface area contributed by atoms with Crippen molar-refractivity contribution in [1.29, 1.82) is 0 Å². The van der Waals surface area contributed by atoms with E-state index in [2.05, 4.69) is 37.9 Å². The van der Waals surface area contributed by atoms with Gasteiger partial charge in [0.15, 0.2) is 0 Å². The van der Waals surface area contributed by atoms with Gasteiger partial charge < -0.3 is 4.98 Å². The summed E-state index contributed by atoms with van der Waals surface area (Å²) in [5.41, 5.74) is 3.21. The Balaban J connectivity index is 1.48. The molecule has 4 rings (SSSR count). The zero-order valence-corrected chi connectivity index (χ0v) is 13.6. The predicted octanol–water partition coefficient (Wildman–Crippen LogP) is 3.17. The highest BCUT2D eigenvalue weighted by atomic mass is 15.1. The fourth-order valence-corrected chi connectivity index (χ4v) is 2.97. The van der Waals surface area contributed by atoms with Gasteiger partial charge in [0.1, 0.15) is 11.6 Å². The molecule has 0 saturated heterocycles. The van der Waals surface area contributed by atoms with Gasteiger partial charge in [-0.2, -0.15) is 0 Å². The van der Waals surface area contributed by atoms with Crippen LogP contribution >= 0.6 is 0 Å². The highest BCUT2D eigenvalue weighted by Crippen LogP contribution is 2.38. The van der Waals surface area contributed by atoms with E-state index in [1.54, 1.807) is 0 Å². The van der Waals surface area contributed by atoms with Crippen LogP contribution in [0.5, 0.6) is 0 Å². The first-order valence-corrected chi connectivity index (χ1v) is 8.13. The molecule has 2 aromatic heterocycles. The van der Waals surface area contributed by atoms with E-state index < -0.39 is 0 Å². The molecule has 5 nitrogen and oxygen atoms in total. The lowest BCUT2D eigenvalue weighted by molar-refractivity contribution is 0.307. The van der Waals surface area contributed by atoms with Crippen LogP contribution in [0.3, 0.4) is 0 Å². The number of para-hydroxylation sites is 1. The minimum atomic E-state index is 0.667. The van der Waals surface area contributed by atoms with E-state index in [1.807, 2.05) is 31.3 Å². The molecule has 0 spiro atoms. The number of aromatic nitrogens is 4. The number of hydrogen-bond donors (Lipinski definition) is 1. The lowest BCUT2D eigenvalue weighted by Gasteiger charge is -2.15. The number of nitrogens with one attached hydrogen (secondary N) is 1. The maximum absolute atomic E-state index is 4.68. The van der Waals surface area contributed by atoms with Gasteiger partial charge in [0.2, 0.25) is 0 Å². The van der Waals surface area contributed by atoms with Crippen LogP contribution in [0.4, 0.5) is 0 Å². The molecule has 1 saturated carbocycles. The molecule has 0 bridgehead atoms. The Hall–Kier alpha value is -2.27. The van der Waals surface area contributed by atoms with Crippen LogP contribution in [0.1, 0.15) is 41.8 Å². The molecule has 0 amide bonds. The van der Waals surface area contributed by atoms with Crippen LogP contribution in [-0.4, -0.2) is 31.9 Å². The van der Waals surface area contributed by atoms with Gasteiger partial charge in [-0.3, -0.25) is 4.90 Å². The van der Waals surface area contributed by atoms with Crippen molar-refractivity contribution in [3.63, 3.8) is 0 Å². The zero-order chi connectivity index (χ0) is 15.8. The summed E-state index contributed by atoms with van der Waals surface area (Å²) in [5.74, 6) is 2.68. The van der Waals surface area contributed by atoms with Crippen LogP contribution in [0.25, 0.3) is 10.9 Å². The van der Waals surface area contributed by atoms with Gasteiger partial charge in [-0.1, -0.05) is 18.2 Å². The summed E-state index contributed by atoms with van der Waals surface area (Å²) in [6.07, 6.45) is 4.50. The molecule has 1 fully saturated rings. The Bertz CT molecular complexity index is 834. The van der Waals surface area contributed by atoms with Crippen molar-refractivity contribution in [2.45, 2.75) is 38.8 Å². The van der Waals surface area contributed by atoms with Crippen LogP contribution < -0.4 is 0 Å². The summed E-state index contributed by atoms with van der Waals surface area (Å²) in [7, 11) is 2.09. The second kappa shape index (κ2) is 5.74. The Labute approximate surface area is 135 Å². The van der Waals surface area contributed by atoms with Crippen LogP contribution in [0.15, 0.2) is 30.5 Å². The van der Waals surface area contributed by atoms with Crippen molar-refractivity contribution in [3.05, 3.63) is 53.5 Å². The average Bonchev–Trinajstić information content (AvgIpc) is 3.28. The number of benzene rings is 1. The maximum atomic E-state index is 4.68. The molecule has 5 heteroatoms. The van der Waals surface area contributed by atoms with Crippen molar-refractivity contribution in [2.75, 3.05) is 7.05 Å². The Morgan fingerprint density at radius 3 is 2.83 bits per heavy atom. The lowest BCUT2D eigenvalue weighted by atomic mass is 10.2. The summed E-state index contributed by atoms with van der Waals surface area (Å²) < 4.78 is 0. The van der Waals surface area contributed by atoms with Gasteiger partial charge in [0, 0.05) is 35.4 Å². The van der Waals surface area contributed by atoms with Crippen molar-refractivity contribution in [2.24, 2.45) is 0 Å². The number of fused-ring (bicyclic) bond motifs is 1. The molecule has 2 heterocycles. The van der Waals surface area contributed by atoms with Gasteiger partial charge >= 0.3 is 0 Å². The summed E-state index contributed by atoms with van der Waals surface area (Å²) in [6.45, 7) is 3.60. The third-order valence-corrected chi connectivity index (χ3v) is 4.30. The minimum Gasteiger partial charge on any atom is -0.345 e. The van der Waals surface area contributed by atoms with Crippen LogP contribution in [-0.2, 0) is 13.1 Å². The summed E-state index contributed by atoms with van der Waals surface area (Å²) in [5, 5.41) is 1.13. The number of imidazole rings is 1. The van der Waals surface area contributed by atoms with E-state index in [1.165, 1.54) is 12.8 Å². The monoisotopic (exact) mass is 307 g/mol. The second-order valence-corrected chi connectivity index (χ2v) is 6.48. The van der Waals surface area contributed by atoms with Gasteiger partial charge in [-0.05, 0) is 32.9 Å². The number of aromatic amines is 1. The maximum Gasteiger partial charge on any atom is 0.143 e. The molecule has 1 aromatic carbocycles. The molecule has 1 N–H and O–H groups in total. The Morgan fingerprint density at radius 1 is 1.17 bits per heavy atom. The molecule has 23 heavy (non-hydrogen) atoms. The largest absolute Gasteiger partial charge is 0.345 e. The van der Waals surface area contributed by atoms with Crippen LogP contribution in [0, 0.1) is 6.92 Å². The summed E-state index contributed by atoms with van der Waals surface area (Å²) >= 11 is 0. The van der Waals surface area contributed by atoms with Gasteiger partial charge in [-0.15, -0.1) is 0 Å². The van der Waals surface area contributed by atoms with E-state index in [9.17, 15) is 0 Å². The van der Waals surface area contributed by atoms with Gasteiger partial charge in [0.25, 0.3) is 0 Å². The quantitative estimate of drug-likeness (QED) is 0.786. The molecule has 118 valence electrons. The van der Waals surface area contributed by atoms with E-state index in [0.717, 1.165) is 47.0 Å². The first-order chi connectivity index (χ1) is 11.2. The second-order valence-electron chi connectivity index (χ2n) is 6.48. The summed E-state index contributed by atoms with van der Waals surface area (Å²) in [4.78, 5) is 19.5. The highest BCUT2D eigenvalue weighted by molar-refractivity contribution is 5.80. The van der Waals surface area contributed by atoms with Crippen molar-refractivity contribution in [1.82, 2.24) is 24.8 Å². The average molecular weight is 307 g/mol. The molecule has 1 aliphatic rings. The molecule has 0 radical (unpaired) electrons. The first-order valence-electron chi connectivity index (χ1n) is 8.13. The van der Waals surface area contributed by atoms with E-state index >= 15 is 0 Å². The number of aryl methyl sites for hydroxylation is 1. The third kappa shape index (κ3) is 3.10. The molecule has 1 aliphatic carbocycles. The number of hydrogen-bond acceptors (Lipinski definition) is 4. The SMILES string of the molecule is Cc1nc(CN(C)Cc2cnc(C3CC3)[nH]2)nc2ccccc12. The molecule has 3 aromatic rings. The minimum absolute atomic E-state index is 0.667. The smallest absolute Gasteiger partial charge is 0.143 e. The van der Waals surface area contributed by atoms with E-state index in [0.29, 0.717) is 5.92 Å². The highest BCUT2D eigenvalue weighted by Gasteiger charge is 2.26. The first kappa shape index (κ1) is 14.3. The molecular weight excluding hydrogens is 286 g/mol. The van der Waals surface area contributed by atoms with E-state index in [-0.39, 0.29) is 0 Å². The fourth-order valence-electron chi connectivity index (χ4n) is 2.97. The normalized spacial score (nSPS) is 14.7. The Kier molecular flexibility index (Phi) is 3.58. The number of rotatable bonds is 5. The van der Waals surface area contributed by atoms with Crippen molar-refractivity contribution >= 4 is 10.9 Å². The van der Waals surface area contributed by atoms with Crippen molar-refractivity contribution in [3.8, 4) is 0 Å². The van der Waals surface area contributed by atoms with Crippen molar-refractivity contribution < 1.29 is 0 Å². The zero-order valence-electron chi connectivity index (χ0n) is 13.6. The molecule has 0 aliphatic heterocycles. The summed E-state index contributed by atoms with van der Waals surface area (Å²) in [6, 6.07) is 8.17. The fraction of sp³-hybridized carbons (Fsp3) is 0.389. The molecule has 0 atom stereocenters. The number of H-pyrrole nitrogens is 1. The molecular formula is C18H21N5. The number of nitrogens with zero attached hydrogens (tertiary/aromatic N) is 4. The standard InChI is InChI=1S/C18H21N5/c1-12-15-5-3-4-6-16(15)22-17(20-12)11-23(2)10-14-9-19-18(21-14)13-7-8-13/h3-6,9,13H,7-8,10-11H2,1-2H3,(H,19,21). The third-order valence-electron chi connectivity index (χ3n) is 4.30. The lowest BCUT2D eigenvalue weighted by Crippen LogP contribution is -2.19. The molecule has 0 unspecified atom stereocenters. The Morgan fingerprint density at radius 2 is 2.00 bits per heavy atom. The van der Waals surface area contributed by atoms with Gasteiger partial charge in [-0.25, -0.2) is 15.0 Å². The van der Waals surface area contributed by atoms with E-state index in [4.69, 9.17) is 0 Å². The van der Waals surface area contributed by atoms with Gasteiger partial charge in [0.05, 0.1) is 12.1 Å².